The molecule has 1 aromatic rings. The topological polar surface area (TPSA) is 20.3 Å². The lowest BCUT2D eigenvalue weighted by Gasteiger charge is -2.18. The monoisotopic (exact) mass is 279 g/mol. The van der Waals surface area contributed by atoms with Crippen molar-refractivity contribution in [3.63, 3.8) is 0 Å². The summed E-state index contributed by atoms with van der Waals surface area (Å²) in [5.74, 6) is 1.53. The van der Waals surface area contributed by atoms with Gasteiger partial charge < -0.3 is 4.90 Å². The van der Waals surface area contributed by atoms with Gasteiger partial charge in [-0.2, -0.15) is 0 Å². The Hall–Kier alpha value is -0.860. The van der Waals surface area contributed by atoms with E-state index in [2.05, 4.69) is 18.0 Å². The van der Waals surface area contributed by atoms with Crippen molar-refractivity contribution in [2.24, 2.45) is 11.8 Å². The van der Waals surface area contributed by atoms with Gasteiger partial charge in [0.1, 0.15) is 0 Å². The van der Waals surface area contributed by atoms with E-state index in [0.29, 0.717) is 5.78 Å². The van der Waals surface area contributed by atoms with Crippen molar-refractivity contribution in [1.82, 2.24) is 4.90 Å². The highest BCUT2D eigenvalue weighted by Gasteiger charge is 2.30. The van der Waals surface area contributed by atoms with Crippen LogP contribution < -0.4 is 0 Å². The van der Waals surface area contributed by atoms with Gasteiger partial charge in [-0.25, -0.2) is 0 Å². The third-order valence-electron chi connectivity index (χ3n) is 4.25. The van der Waals surface area contributed by atoms with Crippen molar-refractivity contribution in [2.45, 2.75) is 25.7 Å². The van der Waals surface area contributed by atoms with E-state index < -0.39 is 0 Å². The summed E-state index contributed by atoms with van der Waals surface area (Å²) >= 11 is 0. The first-order valence-corrected chi connectivity index (χ1v) is 7.04. The van der Waals surface area contributed by atoms with Gasteiger partial charge in [0.05, 0.1) is 0 Å². The van der Waals surface area contributed by atoms with Crippen molar-refractivity contribution in [3.05, 3.63) is 35.4 Å². The molecule has 2 nitrogen and oxygen atoms in total. The van der Waals surface area contributed by atoms with E-state index in [0.717, 1.165) is 30.9 Å². The summed E-state index contributed by atoms with van der Waals surface area (Å²) in [7, 11) is 2.19. The van der Waals surface area contributed by atoms with Gasteiger partial charge in [0.2, 0.25) is 0 Å². The fraction of sp³-hybridized carbons (Fsp3) is 0.562. The summed E-state index contributed by atoms with van der Waals surface area (Å²) in [6.45, 7) is 2.27. The Morgan fingerprint density at radius 2 is 2.00 bits per heavy atom. The molecule has 0 saturated heterocycles. The van der Waals surface area contributed by atoms with Crippen LogP contribution in [0.3, 0.4) is 0 Å². The number of benzene rings is 1. The highest BCUT2D eigenvalue weighted by atomic mass is 35.5. The molecule has 0 amide bonds. The quantitative estimate of drug-likeness (QED) is 0.825. The van der Waals surface area contributed by atoms with Crippen LogP contribution in [-0.2, 0) is 6.42 Å². The fourth-order valence-electron chi connectivity index (χ4n) is 2.96. The molecular weight excluding hydrogens is 258 g/mol. The van der Waals surface area contributed by atoms with Crippen LogP contribution in [0.25, 0.3) is 0 Å². The van der Waals surface area contributed by atoms with Crippen LogP contribution in [0.15, 0.2) is 24.3 Å². The van der Waals surface area contributed by atoms with Crippen LogP contribution >= 0.6 is 12.4 Å². The van der Waals surface area contributed by atoms with E-state index in [1.165, 1.54) is 24.9 Å². The third-order valence-corrected chi connectivity index (χ3v) is 4.25. The molecule has 104 valence electrons. The summed E-state index contributed by atoms with van der Waals surface area (Å²) in [6, 6.07) is 8.08. The van der Waals surface area contributed by atoms with Crippen LogP contribution in [0.5, 0.6) is 0 Å². The lowest BCUT2D eigenvalue weighted by atomic mass is 10.0. The maximum absolute atomic E-state index is 12.2. The maximum atomic E-state index is 12.2. The lowest BCUT2D eigenvalue weighted by molar-refractivity contribution is 0.0923. The molecule has 19 heavy (non-hydrogen) atoms. The molecule has 0 spiro atoms. The molecule has 1 saturated carbocycles. The van der Waals surface area contributed by atoms with Gasteiger partial charge in [-0.1, -0.05) is 24.3 Å². The van der Waals surface area contributed by atoms with Crippen molar-refractivity contribution < 1.29 is 4.79 Å². The van der Waals surface area contributed by atoms with Gasteiger partial charge >= 0.3 is 0 Å². The summed E-state index contributed by atoms with van der Waals surface area (Å²) in [4.78, 5) is 14.6. The zero-order valence-electron chi connectivity index (χ0n) is 11.5. The number of carbonyl (C=O) groups is 1. The first kappa shape index (κ1) is 14.5. The number of fused-ring (bicyclic) bond motifs is 1. The largest absolute Gasteiger partial charge is 0.306 e. The van der Waals surface area contributed by atoms with Crippen LogP contribution in [0.1, 0.15) is 35.2 Å². The predicted octanol–water partition coefficient (Wildman–Crippen LogP) is 3.20. The highest BCUT2D eigenvalue weighted by molar-refractivity contribution is 6.02. The van der Waals surface area contributed by atoms with E-state index in [-0.39, 0.29) is 18.3 Å². The minimum absolute atomic E-state index is 0. The number of halogens is 1. The molecule has 0 radical (unpaired) electrons. The Bertz CT molecular complexity index is 456. The molecular formula is C16H22ClNO. The zero-order chi connectivity index (χ0) is 12.5. The molecule has 3 heteroatoms. The Balaban J connectivity index is 0.00000133. The molecule has 0 heterocycles. The van der Waals surface area contributed by atoms with Gasteiger partial charge in [0.25, 0.3) is 0 Å². The molecule has 0 aliphatic heterocycles. The smallest absolute Gasteiger partial charge is 0.166 e. The number of hydrogen-bond acceptors (Lipinski definition) is 2. The number of Topliss-reactive ketones (excluding diaryl/α,β-unsaturated/α-hetero) is 1. The Morgan fingerprint density at radius 1 is 1.26 bits per heavy atom. The van der Waals surface area contributed by atoms with E-state index in [4.69, 9.17) is 0 Å². The first-order chi connectivity index (χ1) is 8.74. The number of carbonyl (C=O) groups excluding carboxylic acids is 1. The van der Waals surface area contributed by atoms with Gasteiger partial charge in [-0.05, 0) is 50.8 Å². The minimum atomic E-state index is 0. The molecule has 1 fully saturated rings. The van der Waals surface area contributed by atoms with Crippen molar-refractivity contribution in [2.75, 3.05) is 20.1 Å². The van der Waals surface area contributed by atoms with Crippen molar-refractivity contribution in [3.8, 4) is 0 Å². The summed E-state index contributed by atoms with van der Waals surface area (Å²) in [5, 5.41) is 0. The van der Waals surface area contributed by atoms with E-state index in [1.54, 1.807) is 0 Å². The zero-order valence-corrected chi connectivity index (χ0v) is 12.3. The van der Waals surface area contributed by atoms with Gasteiger partial charge in [-0.15, -0.1) is 12.4 Å². The fourth-order valence-corrected chi connectivity index (χ4v) is 2.96. The molecule has 2 aliphatic rings. The second-order valence-corrected chi connectivity index (χ2v) is 5.92. The highest BCUT2D eigenvalue weighted by Crippen LogP contribution is 2.31. The first-order valence-electron chi connectivity index (χ1n) is 7.04. The molecule has 0 bridgehead atoms. The number of hydrogen-bond donors (Lipinski definition) is 0. The van der Waals surface area contributed by atoms with E-state index in [9.17, 15) is 4.79 Å². The number of rotatable bonds is 5. The molecule has 2 aliphatic carbocycles. The van der Waals surface area contributed by atoms with Gasteiger partial charge in [0.15, 0.2) is 5.78 Å². The standard InChI is InChI=1S/C16H21NO.ClH/c1-17(11-12-6-7-12)9-8-14-10-13-4-2-3-5-15(13)16(14)18;/h2-5,12,14H,6-11H2,1H3;1H. The lowest BCUT2D eigenvalue weighted by Crippen LogP contribution is -2.25. The van der Waals surface area contributed by atoms with Crippen molar-refractivity contribution >= 4 is 18.2 Å². The van der Waals surface area contributed by atoms with Crippen LogP contribution in [0.2, 0.25) is 0 Å². The maximum Gasteiger partial charge on any atom is 0.166 e. The van der Waals surface area contributed by atoms with Gasteiger partial charge in [-0.3, -0.25) is 4.79 Å². The average molecular weight is 280 g/mol. The molecule has 0 aromatic heterocycles. The van der Waals surface area contributed by atoms with Crippen LogP contribution in [0.4, 0.5) is 0 Å². The average Bonchev–Trinajstić information content (AvgIpc) is 3.12. The Kier molecular flexibility index (Phi) is 4.64. The van der Waals surface area contributed by atoms with Gasteiger partial charge in [0, 0.05) is 18.0 Å². The molecule has 1 unspecified atom stereocenters. The third kappa shape index (κ3) is 3.37. The Labute approximate surface area is 121 Å². The van der Waals surface area contributed by atoms with Crippen LogP contribution in [0, 0.1) is 11.8 Å². The predicted molar refractivity (Wildman–Crippen MR) is 80.1 cm³/mol. The van der Waals surface area contributed by atoms with E-state index >= 15 is 0 Å². The minimum Gasteiger partial charge on any atom is -0.306 e. The second-order valence-electron chi connectivity index (χ2n) is 5.92. The summed E-state index contributed by atoms with van der Waals surface area (Å²) in [6.07, 6.45) is 4.76. The second kappa shape index (κ2) is 6.06. The number of ketones is 1. The Morgan fingerprint density at radius 3 is 2.68 bits per heavy atom. The summed E-state index contributed by atoms with van der Waals surface area (Å²) in [5.41, 5.74) is 2.21. The normalized spacial score (nSPS) is 21.4. The molecule has 3 rings (SSSR count). The SMILES string of the molecule is CN(CCC1Cc2ccccc2C1=O)CC1CC1.Cl. The molecule has 0 N–H and O–H groups in total. The summed E-state index contributed by atoms with van der Waals surface area (Å²) < 4.78 is 0. The van der Waals surface area contributed by atoms with E-state index in [1.807, 2.05) is 18.2 Å². The molecule has 1 aromatic carbocycles. The van der Waals surface area contributed by atoms with Crippen molar-refractivity contribution in [1.29, 1.82) is 0 Å². The van der Waals surface area contributed by atoms with Crippen LogP contribution in [-0.4, -0.2) is 30.8 Å². The molecule has 1 atom stereocenters. The number of nitrogens with zero attached hydrogens (tertiary/aromatic N) is 1.